The molecule has 2 N–H and O–H groups in total. The first-order valence-electron chi connectivity index (χ1n) is 6.40. The maximum Gasteiger partial charge on any atom is 0.243 e. The quantitative estimate of drug-likeness (QED) is 0.780. The second-order valence-corrected chi connectivity index (χ2v) is 6.44. The molecule has 0 fully saturated rings. The zero-order chi connectivity index (χ0) is 15.3. The molecule has 0 amide bonds. The molecule has 0 spiro atoms. The van der Waals surface area contributed by atoms with Gasteiger partial charge in [0.2, 0.25) is 10.0 Å². The minimum Gasteiger partial charge on any atom is -0.396 e. The number of hydrogen-bond donors (Lipinski definition) is 1. The third-order valence-electron chi connectivity index (χ3n) is 3.17. The van der Waals surface area contributed by atoms with Gasteiger partial charge in [-0.2, -0.15) is 4.31 Å². The lowest BCUT2D eigenvalue weighted by Crippen LogP contribution is -2.40. The zero-order valence-electron chi connectivity index (χ0n) is 12.0. The van der Waals surface area contributed by atoms with Gasteiger partial charge in [-0.25, -0.2) is 12.8 Å². The van der Waals surface area contributed by atoms with Crippen molar-refractivity contribution in [3.63, 3.8) is 0 Å². The van der Waals surface area contributed by atoms with Gasteiger partial charge in [0.05, 0.1) is 17.2 Å². The van der Waals surface area contributed by atoms with Gasteiger partial charge in [0.25, 0.3) is 0 Å². The van der Waals surface area contributed by atoms with Gasteiger partial charge in [0.15, 0.2) is 0 Å². The third-order valence-corrected chi connectivity index (χ3v) is 5.18. The van der Waals surface area contributed by atoms with Gasteiger partial charge in [-0.3, -0.25) is 0 Å². The van der Waals surface area contributed by atoms with Crippen LogP contribution in [-0.2, 0) is 14.8 Å². The predicted molar refractivity (Wildman–Crippen MR) is 76.3 cm³/mol. The molecule has 1 unspecified atom stereocenters. The van der Waals surface area contributed by atoms with Crippen LogP contribution in [0.3, 0.4) is 0 Å². The first kappa shape index (κ1) is 16.9. The second-order valence-electron chi connectivity index (χ2n) is 4.55. The molecular weight excluding hydrogens is 283 g/mol. The fourth-order valence-electron chi connectivity index (χ4n) is 1.78. The number of nitrogen functional groups attached to an aromatic ring is 1. The van der Waals surface area contributed by atoms with E-state index in [2.05, 4.69) is 0 Å². The summed E-state index contributed by atoms with van der Waals surface area (Å²) in [6, 6.07) is 3.25. The van der Waals surface area contributed by atoms with Crippen molar-refractivity contribution < 1.29 is 17.5 Å². The summed E-state index contributed by atoms with van der Waals surface area (Å²) in [6.45, 7) is 4.25. The molecule has 1 atom stereocenters. The number of methoxy groups -OCH3 is 1. The molecule has 20 heavy (non-hydrogen) atoms. The topological polar surface area (TPSA) is 72.6 Å². The first-order chi connectivity index (χ1) is 9.34. The van der Waals surface area contributed by atoms with Crippen LogP contribution in [0, 0.1) is 5.82 Å². The number of ether oxygens (including phenoxy) is 1. The van der Waals surface area contributed by atoms with E-state index >= 15 is 0 Å². The third kappa shape index (κ3) is 3.68. The van der Waals surface area contributed by atoms with Crippen LogP contribution in [0.2, 0.25) is 0 Å². The van der Waals surface area contributed by atoms with Gasteiger partial charge in [-0.1, -0.05) is 6.92 Å². The molecule has 114 valence electrons. The van der Waals surface area contributed by atoms with Gasteiger partial charge < -0.3 is 10.5 Å². The van der Waals surface area contributed by atoms with Gasteiger partial charge in [-0.15, -0.1) is 0 Å². The summed E-state index contributed by atoms with van der Waals surface area (Å²) < 4.78 is 44.7. The Kier molecular flexibility index (Phi) is 5.91. The van der Waals surface area contributed by atoms with Crippen molar-refractivity contribution in [3.8, 4) is 0 Å². The maximum atomic E-state index is 13.2. The van der Waals surface area contributed by atoms with E-state index in [0.717, 1.165) is 12.1 Å². The van der Waals surface area contributed by atoms with Gasteiger partial charge >= 0.3 is 0 Å². The Balaban J connectivity index is 3.17. The Morgan fingerprint density at radius 3 is 2.60 bits per heavy atom. The van der Waals surface area contributed by atoms with E-state index in [-0.39, 0.29) is 23.2 Å². The Bertz CT molecular complexity index is 549. The van der Waals surface area contributed by atoms with Crippen molar-refractivity contribution in [1.29, 1.82) is 0 Å². The van der Waals surface area contributed by atoms with Crippen molar-refractivity contribution in [2.45, 2.75) is 31.2 Å². The average molecular weight is 304 g/mol. The molecule has 0 aliphatic heterocycles. The summed E-state index contributed by atoms with van der Waals surface area (Å²) in [5.41, 5.74) is 5.26. The Hall–Kier alpha value is -1.18. The molecule has 5 nitrogen and oxygen atoms in total. The molecular formula is C13H21FN2O3S. The lowest BCUT2D eigenvalue weighted by atomic mass is 10.3. The minimum atomic E-state index is -3.72. The van der Waals surface area contributed by atoms with Crippen LogP contribution in [0.4, 0.5) is 10.1 Å². The summed E-state index contributed by atoms with van der Waals surface area (Å²) >= 11 is 0. The van der Waals surface area contributed by atoms with Crippen molar-refractivity contribution in [1.82, 2.24) is 4.31 Å². The monoisotopic (exact) mass is 304 g/mol. The number of nitrogens with two attached hydrogens (primary N) is 1. The van der Waals surface area contributed by atoms with Crippen molar-refractivity contribution in [2.75, 3.05) is 26.0 Å². The number of halogens is 1. The van der Waals surface area contributed by atoms with Crippen LogP contribution in [-0.4, -0.2) is 39.0 Å². The van der Waals surface area contributed by atoms with E-state index in [9.17, 15) is 12.8 Å². The van der Waals surface area contributed by atoms with Crippen molar-refractivity contribution in [3.05, 3.63) is 24.0 Å². The summed E-state index contributed by atoms with van der Waals surface area (Å²) in [5.74, 6) is -0.629. The highest BCUT2D eigenvalue weighted by molar-refractivity contribution is 7.89. The smallest absolute Gasteiger partial charge is 0.243 e. The molecule has 7 heteroatoms. The van der Waals surface area contributed by atoms with Crippen LogP contribution in [0.15, 0.2) is 23.1 Å². The fourth-order valence-corrected chi connectivity index (χ4v) is 3.50. The highest BCUT2D eigenvalue weighted by atomic mass is 32.2. The van der Waals surface area contributed by atoms with Gasteiger partial charge in [0, 0.05) is 19.7 Å². The lowest BCUT2D eigenvalue weighted by molar-refractivity contribution is 0.167. The number of hydrogen-bond acceptors (Lipinski definition) is 4. The summed E-state index contributed by atoms with van der Waals surface area (Å²) in [6.07, 6.45) is 0.666. The molecule has 0 radical (unpaired) electrons. The normalized spacial score (nSPS) is 13.7. The summed E-state index contributed by atoms with van der Waals surface area (Å²) in [7, 11) is -2.21. The molecule has 0 bridgehead atoms. The lowest BCUT2D eigenvalue weighted by Gasteiger charge is -2.27. The molecule has 0 heterocycles. The highest BCUT2D eigenvalue weighted by Gasteiger charge is 2.28. The molecule has 0 aliphatic carbocycles. The first-order valence-corrected chi connectivity index (χ1v) is 7.84. The molecule has 0 aromatic heterocycles. The van der Waals surface area contributed by atoms with Crippen LogP contribution in [0.5, 0.6) is 0 Å². The second kappa shape index (κ2) is 7.01. The average Bonchev–Trinajstić information content (AvgIpc) is 2.41. The summed E-state index contributed by atoms with van der Waals surface area (Å²) in [5, 5.41) is 0. The number of rotatable bonds is 7. The van der Waals surface area contributed by atoms with E-state index in [1.54, 1.807) is 0 Å². The molecule has 0 saturated carbocycles. The number of benzene rings is 1. The number of sulfonamides is 1. The molecule has 1 aromatic rings. The van der Waals surface area contributed by atoms with E-state index in [4.69, 9.17) is 10.5 Å². The van der Waals surface area contributed by atoms with Crippen LogP contribution in [0.1, 0.15) is 20.3 Å². The number of anilines is 1. The Morgan fingerprint density at radius 2 is 2.10 bits per heavy atom. The summed E-state index contributed by atoms with van der Waals surface area (Å²) in [4.78, 5) is -0.00666. The van der Waals surface area contributed by atoms with Gasteiger partial charge in [-0.05, 0) is 31.5 Å². The minimum absolute atomic E-state index is 0.00666. The van der Waals surface area contributed by atoms with E-state index in [1.807, 2.05) is 13.8 Å². The maximum absolute atomic E-state index is 13.2. The highest BCUT2D eigenvalue weighted by Crippen LogP contribution is 2.22. The SMILES string of the molecule is CCC(C)N(CCOC)S(=O)(=O)c1ccc(F)c(N)c1. The Morgan fingerprint density at radius 1 is 1.45 bits per heavy atom. The molecule has 0 saturated heterocycles. The van der Waals surface area contributed by atoms with E-state index in [1.165, 1.54) is 17.5 Å². The standard InChI is InChI=1S/C13H21FN2O3S/c1-4-10(2)16(7-8-19-3)20(17,18)11-5-6-12(14)13(15)9-11/h5-6,9-10H,4,7-8,15H2,1-3H3. The van der Waals surface area contributed by atoms with Crippen LogP contribution < -0.4 is 5.73 Å². The van der Waals surface area contributed by atoms with E-state index < -0.39 is 15.8 Å². The fraction of sp³-hybridized carbons (Fsp3) is 0.538. The largest absolute Gasteiger partial charge is 0.396 e. The Labute approximate surface area is 119 Å². The van der Waals surface area contributed by atoms with Crippen LogP contribution >= 0.6 is 0 Å². The van der Waals surface area contributed by atoms with E-state index in [0.29, 0.717) is 13.0 Å². The molecule has 1 rings (SSSR count). The van der Waals surface area contributed by atoms with Crippen molar-refractivity contribution >= 4 is 15.7 Å². The molecule has 1 aromatic carbocycles. The van der Waals surface area contributed by atoms with Crippen LogP contribution in [0.25, 0.3) is 0 Å². The predicted octanol–water partition coefficient (Wildman–Crippen LogP) is 1.84. The molecule has 0 aliphatic rings. The van der Waals surface area contributed by atoms with Crippen molar-refractivity contribution in [2.24, 2.45) is 0 Å². The zero-order valence-corrected chi connectivity index (χ0v) is 12.8. The number of nitrogens with zero attached hydrogens (tertiary/aromatic N) is 1. The van der Waals surface area contributed by atoms with Gasteiger partial charge in [0.1, 0.15) is 5.82 Å².